The molecule has 0 amide bonds. The highest BCUT2D eigenvalue weighted by Crippen LogP contribution is 2.22. The van der Waals surface area contributed by atoms with E-state index in [1.807, 2.05) is 25.1 Å². The molecule has 0 radical (unpaired) electrons. The van der Waals surface area contributed by atoms with E-state index in [9.17, 15) is 0 Å². The van der Waals surface area contributed by atoms with E-state index in [2.05, 4.69) is 11.8 Å². The molecule has 0 saturated carbocycles. The quantitative estimate of drug-likeness (QED) is 0.692. The molecule has 2 rings (SSSR count). The molecule has 2 aromatic rings. The number of benzene rings is 1. The summed E-state index contributed by atoms with van der Waals surface area (Å²) in [5.41, 5.74) is 6.31. The number of nitrogens with two attached hydrogens (primary N) is 1. The van der Waals surface area contributed by atoms with Gasteiger partial charge in [-0.25, -0.2) is 0 Å². The molecule has 0 spiro atoms. The molecule has 0 aliphatic carbocycles. The third-order valence-corrected chi connectivity index (χ3v) is 2.14. The number of furan rings is 1. The van der Waals surface area contributed by atoms with Crippen LogP contribution in [-0.2, 0) is 0 Å². The van der Waals surface area contributed by atoms with E-state index in [-0.39, 0.29) is 6.04 Å². The minimum absolute atomic E-state index is 0.151. The lowest BCUT2D eigenvalue weighted by Gasteiger charge is -1.87. The minimum Gasteiger partial charge on any atom is -0.448 e. The first kappa shape index (κ1) is 10.1. The monoisotopic (exact) mass is 219 g/mol. The first-order chi connectivity index (χ1) is 7.15. The SMILES string of the molecule is CC(N)C#Cc1cc2cc(Cl)ccc2o1. The predicted molar refractivity (Wildman–Crippen MR) is 61.8 cm³/mol. The van der Waals surface area contributed by atoms with Gasteiger partial charge in [0.25, 0.3) is 0 Å². The van der Waals surface area contributed by atoms with Crippen LogP contribution in [0, 0.1) is 11.8 Å². The van der Waals surface area contributed by atoms with Gasteiger partial charge in [-0.3, -0.25) is 0 Å². The maximum atomic E-state index is 5.86. The summed E-state index contributed by atoms with van der Waals surface area (Å²) in [6.45, 7) is 1.83. The normalized spacial score (nSPS) is 12.2. The van der Waals surface area contributed by atoms with Crippen LogP contribution in [0.25, 0.3) is 11.0 Å². The number of hydrogen-bond acceptors (Lipinski definition) is 2. The summed E-state index contributed by atoms with van der Waals surface area (Å²) in [6, 6.07) is 7.17. The molecule has 0 saturated heterocycles. The van der Waals surface area contributed by atoms with E-state index in [1.165, 1.54) is 0 Å². The molecule has 1 atom stereocenters. The second-order valence-electron chi connectivity index (χ2n) is 3.35. The lowest BCUT2D eigenvalue weighted by molar-refractivity contribution is 0.601. The smallest absolute Gasteiger partial charge is 0.178 e. The van der Waals surface area contributed by atoms with E-state index in [1.54, 1.807) is 6.07 Å². The molecule has 76 valence electrons. The number of fused-ring (bicyclic) bond motifs is 1. The van der Waals surface area contributed by atoms with Gasteiger partial charge in [0.15, 0.2) is 5.76 Å². The van der Waals surface area contributed by atoms with Gasteiger partial charge in [-0.15, -0.1) is 0 Å². The van der Waals surface area contributed by atoms with Crippen molar-refractivity contribution in [3.05, 3.63) is 35.0 Å². The molecular weight excluding hydrogens is 210 g/mol. The molecular formula is C12H10ClNO. The number of halogens is 1. The van der Waals surface area contributed by atoms with Gasteiger partial charge in [-0.2, -0.15) is 0 Å². The molecule has 2 N–H and O–H groups in total. The summed E-state index contributed by atoms with van der Waals surface area (Å²) in [5, 5.41) is 1.64. The molecule has 0 fully saturated rings. The Balaban J connectivity index is 2.44. The van der Waals surface area contributed by atoms with Crippen LogP contribution in [0.2, 0.25) is 5.02 Å². The topological polar surface area (TPSA) is 39.2 Å². The Bertz CT molecular complexity index is 545. The summed E-state index contributed by atoms with van der Waals surface area (Å²) in [7, 11) is 0. The van der Waals surface area contributed by atoms with Crippen LogP contribution in [0.1, 0.15) is 12.7 Å². The van der Waals surface area contributed by atoms with Gasteiger partial charge in [-0.1, -0.05) is 17.5 Å². The van der Waals surface area contributed by atoms with Gasteiger partial charge in [0.2, 0.25) is 0 Å². The van der Waals surface area contributed by atoms with Crippen molar-refractivity contribution in [3.63, 3.8) is 0 Å². The summed E-state index contributed by atoms with van der Waals surface area (Å²) in [6.07, 6.45) is 0. The van der Waals surface area contributed by atoms with E-state index in [0.29, 0.717) is 10.8 Å². The van der Waals surface area contributed by atoms with Crippen molar-refractivity contribution in [2.24, 2.45) is 5.73 Å². The van der Waals surface area contributed by atoms with Crippen molar-refractivity contribution in [2.75, 3.05) is 0 Å². The molecule has 15 heavy (non-hydrogen) atoms. The predicted octanol–water partition coefficient (Wildman–Crippen LogP) is 2.78. The van der Waals surface area contributed by atoms with E-state index in [0.717, 1.165) is 11.0 Å². The van der Waals surface area contributed by atoms with Crippen LogP contribution in [-0.4, -0.2) is 6.04 Å². The van der Waals surface area contributed by atoms with Gasteiger partial charge in [0, 0.05) is 16.5 Å². The third-order valence-electron chi connectivity index (χ3n) is 1.90. The van der Waals surface area contributed by atoms with Crippen LogP contribution in [0.3, 0.4) is 0 Å². The van der Waals surface area contributed by atoms with E-state index >= 15 is 0 Å². The number of hydrogen-bond donors (Lipinski definition) is 1. The Morgan fingerprint density at radius 2 is 2.20 bits per heavy atom. The van der Waals surface area contributed by atoms with Crippen molar-refractivity contribution in [3.8, 4) is 11.8 Å². The molecule has 2 nitrogen and oxygen atoms in total. The molecule has 1 unspecified atom stereocenters. The first-order valence-electron chi connectivity index (χ1n) is 4.61. The largest absolute Gasteiger partial charge is 0.448 e. The first-order valence-corrected chi connectivity index (χ1v) is 4.99. The molecule has 0 aliphatic rings. The fourth-order valence-corrected chi connectivity index (χ4v) is 1.44. The van der Waals surface area contributed by atoms with Crippen LogP contribution < -0.4 is 5.73 Å². The Labute approximate surface area is 93.0 Å². The number of rotatable bonds is 0. The fraction of sp³-hybridized carbons (Fsp3) is 0.167. The lowest BCUT2D eigenvalue weighted by Crippen LogP contribution is -2.10. The zero-order chi connectivity index (χ0) is 10.8. The Kier molecular flexibility index (Phi) is 2.68. The van der Waals surface area contributed by atoms with Crippen LogP contribution in [0.15, 0.2) is 28.7 Å². The van der Waals surface area contributed by atoms with Gasteiger partial charge in [0.1, 0.15) is 5.58 Å². The summed E-state index contributed by atoms with van der Waals surface area (Å²) < 4.78 is 5.49. The van der Waals surface area contributed by atoms with Crippen molar-refractivity contribution in [2.45, 2.75) is 13.0 Å². The highest BCUT2D eigenvalue weighted by molar-refractivity contribution is 6.31. The van der Waals surface area contributed by atoms with Crippen molar-refractivity contribution in [1.29, 1.82) is 0 Å². The van der Waals surface area contributed by atoms with Gasteiger partial charge in [0.05, 0.1) is 6.04 Å². The van der Waals surface area contributed by atoms with E-state index in [4.69, 9.17) is 21.8 Å². The van der Waals surface area contributed by atoms with Gasteiger partial charge in [-0.05, 0) is 31.0 Å². The summed E-state index contributed by atoms with van der Waals surface area (Å²) >= 11 is 5.86. The molecule has 1 aromatic heterocycles. The fourth-order valence-electron chi connectivity index (χ4n) is 1.26. The maximum absolute atomic E-state index is 5.86. The highest BCUT2D eigenvalue weighted by Gasteiger charge is 2.01. The van der Waals surface area contributed by atoms with E-state index < -0.39 is 0 Å². The minimum atomic E-state index is -0.151. The van der Waals surface area contributed by atoms with Gasteiger partial charge < -0.3 is 10.2 Å². The second kappa shape index (κ2) is 3.98. The average Bonchev–Trinajstić information content (AvgIpc) is 2.56. The Hall–Kier alpha value is -1.43. The Morgan fingerprint density at radius 1 is 1.40 bits per heavy atom. The summed E-state index contributed by atoms with van der Waals surface area (Å²) in [5.74, 6) is 6.32. The molecule has 1 heterocycles. The van der Waals surface area contributed by atoms with Gasteiger partial charge >= 0.3 is 0 Å². The maximum Gasteiger partial charge on any atom is 0.178 e. The van der Waals surface area contributed by atoms with Crippen LogP contribution >= 0.6 is 11.6 Å². The molecule has 0 aliphatic heterocycles. The average molecular weight is 220 g/mol. The Morgan fingerprint density at radius 3 is 2.93 bits per heavy atom. The molecule has 0 bridgehead atoms. The third kappa shape index (κ3) is 2.33. The molecule has 1 aromatic carbocycles. The zero-order valence-corrected chi connectivity index (χ0v) is 9.01. The van der Waals surface area contributed by atoms with Crippen molar-refractivity contribution >= 4 is 22.6 Å². The zero-order valence-electron chi connectivity index (χ0n) is 8.25. The van der Waals surface area contributed by atoms with Crippen molar-refractivity contribution < 1.29 is 4.42 Å². The second-order valence-corrected chi connectivity index (χ2v) is 3.79. The highest BCUT2D eigenvalue weighted by atomic mass is 35.5. The molecule has 3 heteroatoms. The van der Waals surface area contributed by atoms with Crippen molar-refractivity contribution in [1.82, 2.24) is 0 Å². The standard InChI is InChI=1S/C12H10ClNO/c1-8(14)2-4-11-7-9-6-10(13)3-5-12(9)15-11/h3,5-8H,14H2,1H3. The van der Waals surface area contributed by atoms with Crippen LogP contribution in [0.5, 0.6) is 0 Å². The summed E-state index contributed by atoms with van der Waals surface area (Å²) in [4.78, 5) is 0. The lowest BCUT2D eigenvalue weighted by atomic mass is 10.2. The van der Waals surface area contributed by atoms with Crippen LogP contribution in [0.4, 0.5) is 0 Å².